The van der Waals surface area contributed by atoms with E-state index in [2.05, 4.69) is 12.2 Å². The second kappa shape index (κ2) is 5.46. The Kier molecular flexibility index (Phi) is 3.95. The molecule has 92 valence electrons. The predicted octanol–water partition coefficient (Wildman–Crippen LogP) is 2.72. The molecule has 1 fully saturated rings. The standard InChI is InChI=1S/C15H21NO/c1-15(9-5-6-10-16-15)12-14(17)11-13-7-3-2-4-8-13/h2-4,7-8,16H,5-6,9-12H2,1H3. The zero-order valence-electron chi connectivity index (χ0n) is 10.5. The molecule has 1 aliphatic rings. The maximum absolute atomic E-state index is 12.0. The maximum Gasteiger partial charge on any atom is 0.139 e. The van der Waals surface area contributed by atoms with Crippen LogP contribution in [0, 0.1) is 0 Å². The van der Waals surface area contributed by atoms with Crippen LogP contribution in [-0.4, -0.2) is 17.9 Å². The van der Waals surface area contributed by atoms with Crippen molar-refractivity contribution < 1.29 is 4.79 Å². The predicted molar refractivity (Wildman–Crippen MR) is 70.0 cm³/mol. The summed E-state index contributed by atoms with van der Waals surface area (Å²) < 4.78 is 0. The molecule has 2 nitrogen and oxygen atoms in total. The van der Waals surface area contributed by atoms with Crippen LogP contribution in [0.4, 0.5) is 0 Å². The van der Waals surface area contributed by atoms with Crippen molar-refractivity contribution in [2.45, 2.75) is 44.6 Å². The van der Waals surface area contributed by atoms with Gasteiger partial charge in [-0.05, 0) is 31.9 Å². The van der Waals surface area contributed by atoms with E-state index in [4.69, 9.17) is 0 Å². The summed E-state index contributed by atoms with van der Waals surface area (Å²) in [5, 5.41) is 3.49. The molecule has 1 unspecified atom stereocenters. The van der Waals surface area contributed by atoms with E-state index < -0.39 is 0 Å². The van der Waals surface area contributed by atoms with Crippen LogP contribution >= 0.6 is 0 Å². The van der Waals surface area contributed by atoms with Gasteiger partial charge in [0, 0.05) is 18.4 Å². The summed E-state index contributed by atoms with van der Waals surface area (Å²) in [6, 6.07) is 10.0. The smallest absolute Gasteiger partial charge is 0.139 e. The molecular weight excluding hydrogens is 210 g/mol. The van der Waals surface area contributed by atoms with Gasteiger partial charge in [-0.15, -0.1) is 0 Å². The Labute approximate surface area is 103 Å². The van der Waals surface area contributed by atoms with Crippen LogP contribution < -0.4 is 5.32 Å². The van der Waals surface area contributed by atoms with Crippen molar-refractivity contribution in [2.75, 3.05) is 6.54 Å². The van der Waals surface area contributed by atoms with Gasteiger partial charge in [-0.1, -0.05) is 36.8 Å². The zero-order chi connectivity index (χ0) is 12.1. The van der Waals surface area contributed by atoms with E-state index >= 15 is 0 Å². The molecule has 0 saturated carbocycles. The van der Waals surface area contributed by atoms with Gasteiger partial charge < -0.3 is 5.32 Å². The fourth-order valence-corrected chi connectivity index (χ4v) is 2.59. The normalized spacial score (nSPS) is 24.5. The third kappa shape index (κ3) is 3.67. The number of benzene rings is 1. The van der Waals surface area contributed by atoms with E-state index in [1.165, 1.54) is 12.8 Å². The highest BCUT2D eigenvalue weighted by atomic mass is 16.1. The highest BCUT2D eigenvalue weighted by Crippen LogP contribution is 2.23. The zero-order valence-corrected chi connectivity index (χ0v) is 10.5. The summed E-state index contributed by atoms with van der Waals surface area (Å²) >= 11 is 0. The Hall–Kier alpha value is -1.15. The molecule has 0 aliphatic carbocycles. The van der Waals surface area contributed by atoms with Crippen LogP contribution in [0.2, 0.25) is 0 Å². The molecule has 1 aliphatic heterocycles. The van der Waals surface area contributed by atoms with Gasteiger partial charge in [0.1, 0.15) is 5.78 Å². The molecule has 0 aromatic heterocycles. The van der Waals surface area contributed by atoms with Crippen LogP contribution in [0.5, 0.6) is 0 Å². The minimum atomic E-state index is 0.0319. The molecule has 1 aromatic carbocycles. The van der Waals surface area contributed by atoms with Crippen LogP contribution in [-0.2, 0) is 11.2 Å². The van der Waals surface area contributed by atoms with E-state index in [9.17, 15) is 4.79 Å². The number of rotatable bonds is 4. The maximum atomic E-state index is 12.0. The highest BCUT2D eigenvalue weighted by Gasteiger charge is 2.28. The average molecular weight is 231 g/mol. The Morgan fingerprint density at radius 1 is 1.29 bits per heavy atom. The van der Waals surface area contributed by atoms with Gasteiger partial charge in [0.25, 0.3) is 0 Å². The van der Waals surface area contributed by atoms with E-state index in [0.717, 1.165) is 18.5 Å². The first kappa shape index (κ1) is 12.3. The molecule has 1 N–H and O–H groups in total. The lowest BCUT2D eigenvalue weighted by Crippen LogP contribution is -2.47. The van der Waals surface area contributed by atoms with E-state index in [1.807, 2.05) is 30.3 Å². The lowest BCUT2D eigenvalue weighted by atomic mass is 9.85. The van der Waals surface area contributed by atoms with Crippen molar-refractivity contribution in [3.8, 4) is 0 Å². The lowest BCUT2D eigenvalue weighted by molar-refractivity contribution is -0.119. The molecule has 1 atom stereocenters. The molecule has 0 radical (unpaired) electrons. The minimum absolute atomic E-state index is 0.0319. The van der Waals surface area contributed by atoms with Crippen molar-refractivity contribution >= 4 is 5.78 Å². The summed E-state index contributed by atoms with van der Waals surface area (Å²) in [5.74, 6) is 0.341. The summed E-state index contributed by atoms with van der Waals surface area (Å²) in [4.78, 5) is 12.0. The van der Waals surface area contributed by atoms with Crippen molar-refractivity contribution in [2.24, 2.45) is 0 Å². The molecule has 1 aromatic rings. The molecule has 0 spiro atoms. The van der Waals surface area contributed by atoms with Crippen molar-refractivity contribution in [1.82, 2.24) is 5.32 Å². The monoisotopic (exact) mass is 231 g/mol. The quantitative estimate of drug-likeness (QED) is 0.863. The van der Waals surface area contributed by atoms with Gasteiger partial charge >= 0.3 is 0 Å². The molecule has 2 rings (SSSR count). The number of nitrogens with one attached hydrogen (secondary N) is 1. The summed E-state index contributed by atoms with van der Waals surface area (Å²) in [7, 11) is 0. The number of ketones is 1. The van der Waals surface area contributed by atoms with Crippen molar-refractivity contribution in [3.05, 3.63) is 35.9 Å². The average Bonchev–Trinajstić information content (AvgIpc) is 2.30. The van der Waals surface area contributed by atoms with E-state index in [1.54, 1.807) is 0 Å². The summed E-state index contributed by atoms with van der Waals surface area (Å²) in [6.45, 7) is 3.23. The Morgan fingerprint density at radius 2 is 2.06 bits per heavy atom. The van der Waals surface area contributed by atoms with Gasteiger partial charge in [-0.25, -0.2) is 0 Å². The molecule has 17 heavy (non-hydrogen) atoms. The van der Waals surface area contributed by atoms with Crippen LogP contribution in [0.25, 0.3) is 0 Å². The lowest BCUT2D eigenvalue weighted by Gasteiger charge is -2.34. The Balaban J connectivity index is 1.88. The topological polar surface area (TPSA) is 29.1 Å². The number of carbonyl (C=O) groups is 1. The first-order valence-electron chi connectivity index (χ1n) is 6.49. The first-order chi connectivity index (χ1) is 8.18. The Bertz CT molecular complexity index is 366. The molecule has 0 amide bonds. The highest BCUT2D eigenvalue weighted by molar-refractivity contribution is 5.81. The third-order valence-corrected chi connectivity index (χ3v) is 3.54. The molecule has 0 bridgehead atoms. The van der Waals surface area contributed by atoms with E-state index in [0.29, 0.717) is 18.6 Å². The van der Waals surface area contributed by atoms with Crippen LogP contribution in [0.1, 0.15) is 38.2 Å². The summed E-state index contributed by atoms with van der Waals surface area (Å²) in [6.07, 6.45) is 4.82. The van der Waals surface area contributed by atoms with Gasteiger partial charge in [-0.3, -0.25) is 4.79 Å². The molecule has 1 heterocycles. The fourth-order valence-electron chi connectivity index (χ4n) is 2.59. The fraction of sp³-hybridized carbons (Fsp3) is 0.533. The molecule has 1 saturated heterocycles. The van der Waals surface area contributed by atoms with E-state index in [-0.39, 0.29) is 5.54 Å². The molecule has 2 heteroatoms. The SMILES string of the molecule is CC1(CC(=O)Cc2ccccc2)CCCCN1. The first-order valence-corrected chi connectivity index (χ1v) is 6.49. The largest absolute Gasteiger partial charge is 0.311 e. The van der Waals surface area contributed by atoms with Gasteiger partial charge in [0.2, 0.25) is 0 Å². The number of hydrogen-bond acceptors (Lipinski definition) is 2. The summed E-state index contributed by atoms with van der Waals surface area (Å²) in [5.41, 5.74) is 1.15. The number of Topliss-reactive ketones (excluding diaryl/α,β-unsaturated/α-hetero) is 1. The van der Waals surface area contributed by atoms with Crippen LogP contribution in [0.15, 0.2) is 30.3 Å². The number of piperidine rings is 1. The second-order valence-corrected chi connectivity index (χ2v) is 5.32. The van der Waals surface area contributed by atoms with Gasteiger partial charge in [-0.2, -0.15) is 0 Å². The number of hydrogen-bond donors (Lipinski definition) is 1. The molecular formula is C15H21NO. The van der Waals surface area contributed by atoms with Gasteiger partial charge in [0.15, 0.2) is 0 Å². The van der Waals surface area contributed by atoms with Crippen molar-refractivity contribution in [1.29, 1.82) is 0 Å². The minimum Gasteiger partial charge on any atom is -0.311 e. The number of carbonyl (C=O) groups excluding carboxylic acids is 1. The van der Waals surface area contributed by atoms with Gasteiger partial charge in [0.05, 0.1) is 0 Å². The van der Waals surface area contributed by atoms with Crippen molar-refractivity contribution in [3.63, 3.8) is 0 Å². The van der Waals surface area contributed by atoms with Crippen LogP contribution in [0.3, 0.4) is 0 Å². The second-order valence-electron chi connectivity index (χ2n) is 5.32. The Morgan fingerprint density at radius 3 is 2.71 bits per heavy atom. The third-order valence-electron chi connectivity index (χ3n) is 3.54.